The second-order valence-corrected chi connectivity index (χ2v) is 7.06. The van der Waals surface area contributed by atoms with Crippen LogP contribution in [0.5, 0.6) is 0 Å². The fourth-order valence-corrected chi connectivity index (χ4v) is 3.83. The van der Waals surface area contributed by atoms with Crippen molar-refractivity contribution in [2.45, 2.75) is 13.8 Å². The average Bonchev–Trinajstić information content (AvgIpc) is 3.12. The zero-order valence-corrected chi connectivity index (χ0v) is 16.9. The molecule has 4 aromatic rings. The third-order valence-corrected chi connectivity index (χ3v) is 5.20. The third-order valence-electron chi connectivity index (χ3n) is 5.20. The van der Waals surface area contributed by atoms with Crippen molar-refractivity contribution < 1.29 is 4.42 Å². The van der Waals surface area contributed by atoms with E-state index in [2.05, 4.69) is 67.8 Å². The van der Waals surface area contributed by atoms with Crippen molar-refractivity contribution in [3.63, 3.8) is 0 Å². The van der Waals surface area contributed by atoms with Crippen LogP contribution in [-0.2, 0) is 0 Å². The van der Waals surface area contributed by atoms with Crippen LogP contribution in [0.3, 0.4) is 0 Å². The molecule has 0 unspecified atom stereocenters. The number of rotatable bonds is 5. The van der Waals surface area contributed by atoms with Crippen molar-refractivity contribution >= 4 is 39.7 Å². The van der Waals surface area contributed by atoms with Crippen LogP contribution in [0.2, 0.25) is 0 Å². The smallest absolute Gasteiger partial charge is 0.136 e. The SMILES string of the molecule is C=Cc1c(/C=C\C)ccc2oc3cc(-c4cccc(C(=C)/C=C\C)c4)ccc3c12. The van der Waals surface area contributed by atoms with Gasteiger partial charge in [0.05, 0.1) is 0 Å². The van der Waals surface area contributed by atoms with E-state index in [-0.39, 0.29) is 0 Å². The summed E-state index contributed by atoms with van der Waals surface area (Å²) in [4.78, 5) is 0. The van der Waals surface area contributed by atoms with E-state index in [4.69, 9.17) is 4.42 Å². The number of furan rings is 1. The topological polar surface area (TPSA) is 13.1 Å². The van der Waals surface area contributed by atoms with Gasteiger partial charge in [-0.1, -0.05) is 73.9 Å². The first-order valence-corrected chi connectivity index (χ1v) is 9.83. The van der Waals surface area contributed by atoms with E-state index >= 15 is 0 Å². The van der Waals surface area contributed by atoms with Gasteiger partial charge in [0.15, 0.2) is 0 Å². The Balaban J connectivity index is 1.88. The molecular weight excluding hydrogens is 352 g/mol. The van der Waals surface area contributed by atoms with Crippen LogP contribution in [-0.4, -0.2) is 0 Å². The fraction of sp³-hybridized carbons (Fsp3) is 0.0714. The highest BCUT2D eigenvalue weighted by molar-refractivity contribution is 6.11. The van der Waals surface area contributed by atoms with Crippen LogP contribution in [0.25, 0.3) is 50.8 Å². The molecule has 1 heterocycles. The molecule has 0 radical (unpaired) electrons. The summed E-state index contributed by atoms with van der Waals surface area (Å²) in [6.45, 7) is 12.2. The Bertz CT molecular complexity index is 1290. The Kier molecular flexibility index (Phi) is 5.05. The van der Waals surface area contributed by atoms with E-state index in [0.29, 0.717) is 0 Å². The average molecular weight is 376 g/mol. The van der Waals surface area contributed by atoms with Crippen LogP contribution in [0.4, 0.5) is 0 Å². The van der Waals surface area contributed by atoms with Crippen molar-refractivity contribution in [2.24, 2.45) is 0 Å². The first-order valence-electron chi connectivity index (χ1n) is 9.83. The van der Waals surface area contributed by atoms with Crippen LogP contribution in [0, 0.1) is 0 Å². The Morgan fingerprint density at radius 3 is 2.48 bits per heavy atom. The number of hydrogen-bond acceptors (Lipinski definition) is 1. The van der Waals surface area contributed by atoms with Crippen LogP contribution in [0.15, 0.2) is 90.4 Å². The zero-order valence-electron chi connectivity index (χ0n) is 16.9. The molecule has 0 bridgehead atoms. The van der Waals surface area contributed by atoms with Gasteiger partial charge in [-0.25, -0.2) is 0 Å². The highest BCUT2D eigenvalue weighted by Gasteiger charge is 2.13. The zero-order chi connectivity index (χ0) is 20.4. The number of allylic oxidation sites excluding steroid dienone is 4. The van der Waals surface area contributed by atoms with Gasteiger partial charge in [-0.2, -0.15) is 0 Å². The number of hydrogen-bond donors (Lipinski definition) is 0. The molecule has 0 aliphatic carbocycles. The molecule has 0 amide bonds. The lowest BCUT2D eigenvalue weighted by Crippen LogP contribution is -1.83. The van der Waals surface area contributed by atoms with E-state index < -0.39 is 0 Å². The van der Waals surface area contributed by atoms with Gasteiger partial charge >= 0.3 is 0 Å². The summed E-state index contributed by atoms with van der Waals surface area (Å²) >= 11 is 0. The largest absolute Gasteiger partial charge is 0.456 e. The maximum absolute atomic E-state index is 6.21. The second-order valence-electron chi connectivity index (χ2n) is 7.06. The predicted octanol–water partition coefficient (Wildman–Crippen LogP) is 8.52. The Labute approximate surface area is 172 Å². The van der Waals surface area contributed by atoms with Crippen molar-refractivity contribution in [3.05, 3.63) is 103 Å². The summed E-state index contributed by atoms with van der Waals surface area (Å²) in [6, 6.07) is 19.0. The second kappa shape index (κ2) is 7.81. The molecule has 0 saturated heterocycles. The summed E-state index contributed by atoms with van der Waals surface area (Å²) in [5.74, 6) is 0. The van der Waals surface area contributed by atoms with Gasteiger partial charge in [0.2, 0.25) is 0 Å². The van der Waals surface area contributed by atoms with Crippen LogP contribution >= 0.6 is 0 Å². The lowest BCUT2D eigenvalue weighted by molar-refractivity contribution is 0.669. The Hall–Kier alpha value is -3.58. The fourth-order valence-electron chi connectivity index (χ4n) is 3.83. The summed E-state index contributed by atoms with van der Waals surface area (Å²) in [5.41, 5.74) is 8.43. The first kappa shape index (κ1) is 18.8. The summed E-state index contributed by atoms with van der Waals surface area (Å²) in [6.07, 6.45) is 10.1. The summed E-state index contributed by atoms with van der Waals surface area (Å²) in [7, 11) is 0. The molecule has 0 aliphatic rings. The Morgan fingerprint density at radius 2 is 1.72 bits per heavy atom. The standard InChI is InChI=1S/C28H24O/c1-5-9-19(4)21-11-8-12-22(17-21)23-13-15-25-27(18-23)29-26-16-14-20(10-6-2)24(7-3)28(25)26/h5-18H,3-4H2,1-2H3/b9-5-,10-6-. The van der Waals surface area contributed by atoms with Gasteiger partial charge < -0.3 is 4.42 Å². The molecule has 0 aliphatic heterocycles. The summed E-state index contributed by atoms with van der Waals surface area (Å²) in [5, 5.41) is 2.23. The lowest BCUT2D eigenvalue weighted by Gasteiger charge is -2.06. The molecule has 1 heteroatoms. The van der Waals surface area contributed by atoms with E-state index in [1.165, 1.54) is 0 Å². The quantitative estimate of drug-likeness (QED) is 0.318. The monoisotopic (exact) mass is 376 g/mol. The van der Waals surface area contributed by atoms with Gasteiger partial charge in [-0.05, 0) is 71.5 Å². The van der Waals surface area contributed by atoms with Crippen molar-refractivity contribution in [3.8, 4) is 11.1 Å². The first-order chi connectivity index (χ1) is 14.2. The molecule has 29 heavy (non-hydrogen) atoms. The van der Waals surface area contributed by atoms with Gasteiger partial charge in [0, 0.05) is 10.8 Å². The maximum atomic E-state index is 6.21. The highest BCUT2D eigenvalue weighted by Crippen LogP contribution is 2.36. The molecule has 0 spiro atoms. The van der Waals surface area contributed by atoms with E-state index in [0.717, 1.165) is 55.3 Å². The molecule has 0 fully saturated rings. The van der Waals surface area contributed by atoms with Crippen molar-refractivity contribution in [1.29, 1.82) is 0 Å². The summed E-state index contributed by atoms with van der Waals surface area (Å²) < 4.78 is 6.21. The highest BCUT2D eigenvalue weighted by atomic mass is 16.3. The normalized spacial score (nSPS) is 11.8. The molecule has 4 rings (SSSR count). The molecule has 0 atom stereocenters. The number of benzene rings is 3. The minimum Gasteiger partial charge on any atom is -0.456 e. The van der Waals surface area contributed by atoms with Crippen LogP contribution in [0.1, 0.15) is 30.5 Å². The van der Waals surface area contributed by atoms with Gasteiger partial charge in [0.25, 0.3) is 0 Å². The Morgan fingerprint density at radius 1 is 0.897 bits per heavy atom. The van der Waals surface area contributed by atoms with E-state index in [1.807, 2.05) is 44.2 Å². The molecule has 1 aromatic heterocycles. The van der Waals surface area contributed by atoms with Crippen molar-refractivity contribution in [2.75, 3.05) is 0 Å². The van der Waals surface area contributed by atoms with Gasteiger partial charge in [-0.15, -0.1) is 0 Å². The van der Waals surface area contributed by atoms with E-state index in [1.54, 1.807) is 0 Å². The van der Waals surface area contributed by atoms with Gasteiger partial charge in [-0.3, -0.25) is 0 Å². The minimum absolute atomic E-state index is 0.885. The number of fused-ring (bicyclic) bond motifs is 3. The molecular formula is C28H24O. The molecule has 3 aromatic carbocycles. The van der Waals surface area contributed by atoms with Crippen molar-refractivity contribution in [1.82, 2.24) is 0 Å². The van der Waals surface area contributed by atoms with Crippen LogP contribution < -0.4 is 0 Å². The minimum atomic E-state index is 0.885. The van der Waals surface area contributed by atoms with Gasteiger partial charge in [0.1, 0.15) is 11.2 Å². The molecule has 0 saturated carbocycles. The third kappa shape index (κ3) is 3.36. The predicted molar refractivity (Wildman–Crippen MR) is 128 cm³/mol. The molecule has 1 nitrogen and oxygen atoms in total. The van der Waals surface area contributed by atoms with E-state index in [9.17, 15) is 0 Å². The molecule has 142 valence electrons. The molecule has 0 N–H and O–H groups in total. The lowest BCUT2D eigenvalue weighted by atomic mass is 9.97. The maximum Gasteiger partial charge on any atom is 0.136 e.